The van der Waals surface area contributed by atoms with Crippen LogP contribution >= 0.6 is 0 Å². The maximum absolute atomic E-state index is 13.9. The average molecular weight is 805 g/mol. The van der Waals surface area contributed by atoms with E-state index in [-0.39, 0.29) is 18.8 Å². The molecule has 4 heterocycles. The molecule has 0 bridgehead atoms. The fourth-order valence-electron chi connectivity index (χ4n) is 7.72. The van der Waals surface area contributed by atoms with Gasteiger partial charge in [0.2, 0.25) is 0 Å². The summed E-state index contributed by atoms with van der Waals surface area (Å²) >= 11 is 0. The highest BCUT2D eigenvalue weighted by Gasteiger charge is 2.56. The van der Waals surface area contributed by atoms with Gasteiger partial charge in [-0.15, -0.1) is 0 Å². The molecular weight excluding hydrogens is 757 g/mol. The SMILES string of the molecule is CC1(C)O[C@@H]2[C@H](O1)[C@@H](CO[C@@H]1C[C@@H](OCc3ccccc3)[C@H](OCc3ccccc3)[C@@H](COCc3ccccc3)O1)O[C@H]2n1ccc(=O)n(C(=O)c2ccccc2)c1=O. The van der Waals surface area contributed by atoms with Gasteiger partial charge < -0.3 is 37.9 Å². The van der Waals surface area contributed by atoms with Crippen LogP contribution in [0.5, 0.6) is 0 Å². The number of hydrogen-bond acceptors (Lipinski definition) is 11. The van der Waals surface area contributed by atoms with Crippen molar-refractivity contribution in [2.75, 3.05) is 13.2 Å². The molecule has 0 radical (unpaired) electrons. The van der Waals surface area contributed by atoms with Gasteiger partial charge in [-0.25, -0.2) is 4.79 Å². The Morgan fingerprint density at radius 2 is 1.24 bits per heavy atom. The Kier molecular flexibility index (Phi) is 12.7. The van der Waals surface area contributed by atoms with E-state index in [1.165, 1.54) is 10.8 Å². The summed E-state index contributed by atoms with van der Waals surface area (Å²) in [7, 11) is 0. The predicted octanol–water partition coefficient (Wildman–Crippen LogP) is 5.64. The molecule has 13 heteroatoms. The second kappa shape index (κ2) is 18.4. The lowest BCUT2D eigenvalue weighted by atomic mass is 10.0. The molecule has 13 nitrogen and oxygen atoms in total. The first-order chi connectivity index (χ1) is 28.7. The van der Waals surface area contributed by atoms with Gasteiger partial charge in [-0.2, -0.15) is 4.57 Å². The van der Waals surface area contributed by atoms with Crippen molar-refractivity contribution in [2.24, 2.45) is 0 Å². The van der Waals surface area contributed by atoms with Gasteiger partial charge in [0, 0.05) is 24.2 Å². The maximum atomic E-state index is 13.9. The molecule has 3 saturated heterocycles. The van der Waals surface area contributed by atoms with Crippen molar-refractivity contribution in [3.8, 4) is 0 Å². The van der Waals surface area contributed by atoms with Crippen LogP contribution in [0.2, 0.25) is 0 Å². The first-order valence-corrected chi connectivity index (χ1v) is 19.9. The maximum Gasteiger partial charge on any atom is 0.340 e. The van der Waals surface area contributed by atoms with E-state index in [1.54, 1.807) is 44.2 Å². The zero-order valence-corrected chi connectivity index (χ0v) is 32.9. The number of rotatable bonds is 15. The van der Waals surface area contributed by atoms with Crippen molar-refractivity contribution in [3.05, 3.63) is 177 Å². The molecule has 0 unspecified atom stereocenters. The van der Waals surface area contributed by atoms with E-state index in [0.29, 0.717) is 30.8 Å². The second-order valence-corrected chi connectivity index (χ2v) is 15.3. The second-order valence-electron chi connectivity index (χ2n) is 15.3. The van der Waals surface area contributed by atoms with Crippen LogP contribution in [-0.2, 0) is 57.7 Å². The smallest absolute Gasteiger partial charge is 0.340 e. The molecule has 59 heavy (non-hydrogen) atoms. The number of nitrogens with zero attached hydrogens (tertiary/aromatic N) is 2. The Hall–Kier alpha value is -5.09. The van der Waals surface area contributed by atoms with E-state index in [1.807, 2.05) is 91.0 Å². The lowest BCUT2D eigenvalue weighted by molar-refractivity contribution is -0.286. The normalized spacial score (nSPS) is 26.1. The van der Waals surface area contributed by atoms with Crippen LogP contribution in [-0.4, -0.2) is 77.0 Å². The molecule has 5 aromatic rings. The van der Waals surface area contributed by atoms with E-state index < -0.39 is 72.1 Å². The Labute approximate surface area is 341 Å². The molecule has 0 N–H and O–H groups in total. The van der Waals surface area contributed by atoms with E-state index in [9.17, 15) is 14.4 Å². The highest BCUT2D eigenvalue weighted by Crippen LogP contribution is 2.43. The summed E-state index contributed by atoms with van der Waals surface area (Å²) in [5, 5.41) is 0. The summed E-state index contributed by atoms with van der Waals surface area (Å²) < 4.78 is 53.5. The van der Waals surface area contributed by atoms with Crippen LogP contribution in [0.1, 0.15) is 53.5 Å². The summed E-state index contributed by atoms with van der Waals surface area (Å²) in [6, 6.07) is 39.1. The first-order valence-electron chi connectivity index (χ1n) is 19.9. The van der Waals surface area contributed by atoms with Crippen LogP contribution in [0.15, 0.2) is 143 Å². The zero-order valence-electron chi connectivity index (χ0n) is 32.9. The van der Waals surface area contributed by atoms with Crippen molar-refractivity contribution in [3.63, 3.8) is 0 Å². The van der Waals surface area contributed by atoms with Gasteiger partial charge in [-0.1, -0.05) is 109 Å². The zero-order chi connectivity index (χ0) is 40.8. The molecule has 0 saturated carbocycles. The molecule has 3 aliphatic heterocycles. The number of fused-ring (bicyclic) bond motifs is 1. The fraction of sp³-hybridized carbons (Fsp3) is 0.370. The molecule has 4 aromatic carbocycles. The molecule has 8 atom stereocenters. The number of aromatic nitrogens is 2. The predicted molar refractivity (Wildman–Crippen MR) is 214 cm³/mol. The quantitative estimate of drug-likeness (QED) is 0.130. The van der Waals surface area contributed by atoms with Crippen LogP contribution in [0.4, 0.5) is 0 Å². The van der Waals surface area contributed by atoms with E-state index in [0.717, 1.165) is 22.8 Å². The Balaban J connectivity index is 1.02. The number of ether oxygens (including phenoxy) is 8. The van der Waals surface area contributed by atoms with Gasteiger partial charge in [0.25, 0.3) is 11.5 Å². The van der Waals surface area contributed by atoms with Gasteiger partial charge in [-0.3, -0.25) is 14.2 Å². The minimum absolute atomic E-state index is 0.00234. The summed E-state index contributed by atoms with van der Waals surface area (Å²) in [6.45, 7) is 4.83. The van der Waals surface area contributed by atoms with Gasteiger partial charge >= 0.3 is 5.69 Å². The van der Waals surface area contributed by atoms with Crippen LogP contribution < -0.4 is 11.2 Å². The summed E-state index contributed by atoms with van der Waals surface area (Å²) in [5.74, 6) is -1.77. The molecule has 308 valence electrons. The first kappa shape index (κ1) is 40.7. The minimum Gasteiger partial charge on any atom is -0.374 e. The van der Waals surface area contributed by atoms with Gasteiger partial charge in [0.15, 0.2) is 18.3 Å². The van der Waals surface area contributed by atoms with Crippen LogP contribution in [0.3, 0.4) is 0 Å². The Morgan fingerprint density at radius 1 is 0.661 bits per heavy atom. The van der Waals surface area contributed by atoms with Gasteiger partial charge in [0.05, 0.1) is 39.1 Å². The van der Waals surface area contributed by atoms with Crippen LogP contribution in [0, 0.1) is 0 Å². The third kappa shape index (κ3) is 9.70. The fourth-order valence-corrected chi connectivity index (χ4v) is 7.72. The third-order valence-electron chi connectivity index (χ3n) is 10.5. The van der Waals surface area contributed by atoms with Crippen molar-refractivity contribution >= 4 is 5.91 Å². The number of carbonyl (C=O) groups excluding carboxylic acids is 1. The third-order valence-corrected chi connectivity index (χ3v) is 10.5. The van der Waals surface area contributed by atoms with Gasteiger partial charge in [-0.05, 0) is 42.7 Å². The molecule has 0 amide bonds. The monoisotopic (exact) mass is 804 g/mol. The topological polar surface area (TPSA) is 135 Å². The Morgan fingerprint density at radius 3 is 1.88 bits per heavy atom. The number of carbonyl (C=O) groups is 1. The van der Waals surface area contributed by atoms with Crippen LogP contribution in [0.25, 0.3) is 0 Å². The molecular formula is C46H48N2O11. The van der Waals surface area contributed by atoms with E-state index in [2.05, 4.69) is 0 Å². The highest BCUT2D eigenvalue weighted by atomic mass is 16.8. The molecule has 3 aliphatic rings. The van der Waals surface area contributed by atoms with E-state index >= 15 is 0 Å². The lowest BCUT2D eigenvalue weighted by Gasteiger charge is -2.41. The van der Waals surface area contributed by atoms with E-state index in [4.69, 9.17) is 37.9 Å². The largest absolute Gasteiger partial charge is 0.374 e. The highest BCUT2D eigenvalue weighted by molar-refractivity contribution is 5.95. The molecule has 0 spiro atoms. The minimum atomic E-state index is -1.04. The molecule has 3 fully saturated rings. The lowest BCUT2D eigenvalue weighted by Crippen LogP contribution is -2.53. The van der Waals surface area contributed by atoms with Crippen molar-refractivity contribution in [1.82, 2.24) is 9.13 Å². The summed E-state index contributed by atoms with van der Waals surface area (Å²) in [4.78, 5) is 40.2. The van der Waals surface area contributed by atoms with Crippen molar-refractivity contribution in [2.45, 2.75) is 95.0 Å². The molecule has 1 aromatic heterocycles. The Bertz CT molecular complexity index is 2250. The summed E-state index contributed by atoms with van der Waals surface area (Å²) in [5.41, 5.74) is 1.62. The van der Waals surface area contributed by atoms with Crippen molar-refractivity contribution < 1.29 is 42.7 Å². The summed E-state index contributed by atoms with van der Waals surface area (Å²) in [6.07, 6.45) is -3.82. The standard InChI is InChI=1S/C46H48N2O11/c1-46(2)58-41-37(57-44(42(41)59-46)47-24-23-38(49)48(45(47)51)43(50)34-21-13-6-14-22-34)30-54-39-25-35(53-27-32-17-9-4-10-18-32)40(55-28-33-19-11-5-12-20-33)36(56-39)29-52-26-31-15-7-3-8-16-31/h3-24,35-37,39-42,44H,25-30H2,1-2H3/t35-,36-,37-,39+,40+,41-,42-,44-/m1/s1. The molecule has 0 aliphatic carbocycles. The average Bonchev–Trinajstić information content (AvgIpc) is 3.75. The van der Waals surface area contributed by atoms with Gasteiger partial charge in [0.1, 0.15) is 30.5 Å². The van der Waals surface area contributed by atoms with Crippen molar-refractivity contribution in [1.29, 1.82) is 0 Å². The number of hydrogen-bond donors (Lipinski definition) is 0. The molecule has 8 rings (SSSR count). The number of benzene rings is 4.